The minimum Gasteiger partial charge on any atom is -0.493 e. The highest BCUT2D eigenvalue weighted by Crippen LogP contribution is 2.28. The van der Waals surface area contributed by atoms with Gasteiger partial charge in [-0.3, -0.25) is 0 Å². The van der Waals surface area contributed by atoms with E-state index in [-0.39, 0.29) is 0 Å². The second kappa shape index (κ2) is 7.89. The third-order valence-electron chi connectivity index (χ3n) is 4.47. The number of rotatable bonds is 5. The van der Waals surface area contributed by atoms with E-state index >= 15 is 0 Å². The summed E-state index contributed by atoms with van der Waals surface area (Å²) in [7, 11) is 0. The zero-order valence-corrected chi connectivity index (χ0v) is 15.1. The lowest BCUT2D eigenvalue weighted by atomic mass is 10.0. The first-order valence-electron chi connectivity index (χ1n) is 8.76. The molecule has 0 bridgehead atoms. The van der Waals surface area contributed by atoms with Gasteiger partial charge in [-0.1, -0.05) is 11.6 Å². The minimum atomic E-state index is 0.464. The van der Waals surface area contributed by atoms with Crippen LogP contribution in [-0.4, -0.2) is 29.8 Å². The number of pyridine rings is 2. The Bertz CT molecular complexity index is 880. The van der Waals surface area contributed by atoms with Gasteiger partial charge in [0.1, 0.15) is 16.7 Å². The maximum absolute atomic E-state index is 5.98. The van der Waals surface area contributed by atoms with Crippen LogP contribution in [0.4, 0.5) is 11.5 Å². The molecule has 1 aromatic carbocycles. The fraction of sp³-hybridized carbons (Fsp3) is 0.300. The van der Waals surface area contributed by atoms with E-state index in [0.717, 1.165) is 47.7 Å². The molecule has 3 heterocycles. The van der Waals surface area contributed by atoms with Gasteiger partial charge in [0.25, 0.3) is 0 Å². The number of aromatic nitrogens is 2. The number of hydrogen-bond donors (Lipinski definition) is 1. The van der Waals surface area contributed by atoms with Crippen molar-refractivity contribution in [2.45, 2.75) is 12.8 Å². The summed E-state index contributed by atoms with van der Waals surface area (Å²) in [4.78, 5) is 8.53. The van der Waals surface area contributed by atoms with E-state index in [0.29, 0.717) is 17.7 Å². The number of hydrogen-bond acceptors (Lipinski definition) is 5. The van der Waals surface area contributed by atoms with Crippen LogP contribution in [0.5, 0.6) is 5.75 Å². The van der Waals surface area contributed by atoms with Crippen molar-refractivity contribution in [3.8, 4) is 5.75 Å². The molecule has 5 nitrogen and oxygen atoms in total. The summed E-state index contributed by atoms with van der Waals surface area (Å²) >= 11 is 5.84. The van der Waals surface area contributed by atoms with Gasteiger partial charge in [0.15, 0.2) is 0 Å². The number of benzene rings is 1. The number of nitrogens with zero attached hydrogens (tertiary/aromatic N) is 2. The zero-order valence-electron chi connectivity index (χ0n) is 14.3. The average molecular weight is 370 g/mol. The summed E-state index contributed by atoms with van der Waals surface area (Å²) in [5.74, 6) is 2.12. The summed E-state index contributed by atoms with van der Waals surface area (Å²) in [5, 5.41) is 5.85. The van der Waals surface area contributed by atoms with E-state index in [9.17, 15) is 0 Å². The van der Waals surface area contributed by atoms with Gasteiger partial charge in [-0.2, -0.15) is 0 Å². The van der Waals surface area contributed by atoms with Crippen molar-refractivity contribution >= 4 is 33.9 Å². The van der Waals surface area contributed by atoms with Gasteiger partial charge < -0.3 is 14.8 Å². The van der Waals surface area contributed by atoms with Crippen molar-refractivity contribution in [1.82, 2.24) is 9.97 Å². The Labute approximate surface area is 157 Å². The van der Waals surface area contributed by atoms with Gasteiger partial charge >= 0.3 is 0 Å². The summed E-state index contributed by atoms with van der Waals surface area (Å²) < 4.78 is 11.5. The van der Waals surface area contributed by atoms with Crippen molar-refractivity contribution in [3.05, 3.63) is 53.9 Å². The second-order valence-corrected chi connectivity index (χ2v) is 6.82. The molecule has 2 aromatic heterocycles. The molecule has 1 atom stereocenters. The van der Waals surface area contributed by atoms with Crippen LogP contribution >= 0.6 is 11.6 Å². The number of ether oxygens (including phenoxy) is 2. The van der Waals surface area contributed by atoms with E-state index in [2.05, 4.69) is 15.3 Å². The van der Waals surface area contributed by atoms with Gasteiger partial charge in [-0.05, 0) is 54.6 Å². The predicted molar refractivity (Wildman–Crippen MR) is 103 cm³/mol. The summed E-state index contributed by atoms with van der Waals surface area (Å²) in [6.45, 7) is 2.36. The van der Waals surface area contributed by atoms with Gasteiger partial charge in [0, 0.05) is 24.1 Å². The maximum atomic E-state index is 5.98. The Morgan fingerprint density at radius 1 is 1.19 bits per heavy atom. The van der Waals surface area contributed by atoms with E-state index in [4.69, 9.17) is 21.1 Å². The van der Waals surface area contributed by atoms with Crippen LogP contribution in [0.2, 0.25) is 5.15 Å². The summed E-state index contributed by atoms with van der Waals surface area (Å²) in [6.07, 6.45) is 5.76. The van der Waals surface area contributed by atoms with E-state index < -0.39 is 0 Å². The Kier molecular flexibility index (Phi) is 5.18. The highest BCUT2D eigenvalue weighted by Gasteiger charge is 2.14. The lowest BCUT2D eigenvalue weighted by Crippen LogP contribution is -2.23. The Morgan fingerprint density at radius 3 is 2.96 bits per heavy atom. The molecule has 1 fully saturated rings. The Hall–Kier alpha value is -2.37. The molecule has 1 N–H and O–H groups in total. The van der Waals surface area contributed by atoms with Gasteiger partial charge in [0.05, 0.1) is 25.1 Å². The first-order valence-corrected chi connectivity index (χ1v) is 9.13. The topological polar surface area (TPSA) is 56.3 Å². The second-order valence-electron chi connectivity index (χ2n) is 6.43. The molecule has 3 aromatic rings. The molecule has 26 heavy (non-hydrogen) atoms. The highest BCUT2D eigenvalue weighted by atomic mass is 35.5. The molecule has 0 aliphatic carbocycles. The Morgan fingerprint density at radius 2 is 2.15 bits per heavy atom. The number of nitrogens with one attached hydrogen (secondary N) is 1. The van der Waals surface area contributed by atoms with Crippen LogP contribution in [-0.2, 0) is 4.74 Å². The quantitative estimate of drug-likeness (QED) is 0.652. The number of fused-ring (bicyclic) bond motifs is 1. The monoisotopic (exact) mass is 369 g/mol. The molecule has 0 spiro atoms. The third-order valence-corrected chi connectivity index (χ3v) is 4.69. The van der Waals surface area contributed by atoms with Gasteiger partial charge in [0.2, 0.25) is 0 Å². The van der Waals surface area contributed by atoms with Crippen LogP contribution in [0.1, 0.15) is 12.8 Å². The summed E-state index contributed by atoms with van der Waals surface area (Å²) in [6, 6.07) is 11.7. The Balaban J connectivity index is 1.50. The van der Waals surface area contributed by atoms with Crippen molar-refractivity contribution in [3.63, 3.8) is 0 Å². The lowest BCUT2D eigenvalue weighted by molar-refractivity contribution is 0.0352. The van der Waals surface area contributed by atoms with Crippen LogP contribution in [0, 0.1) is 5.92 Å². The molecule has 4 rings (SSSR count). The van der Waals surface area contributed by atoms with Crippen LogP contribution in [0.25, 0.3) is 10.8 Å². The molecule has 0 radical (unpaired) electrons. The first kappa shape index (κ1) is 17.1. The maximum Gasteiger partial charge on any atom is 0.138 e. The third kappa shape index (κ3) is 4.06. The fourth-order valence-electron chi connectivity index (χ4n) is 3.08. The molecule has 6 heteroatoms. The number of halogens is 1. The smallest absolute Gasteiger partial charge is 0.138 e. The van der Waals surface area contributed by atoms with Crippen molar-refractivity contribution in [2.24, 2.45) is 5.92 Å². The SMILES string of the molecule is Clc1ccc(Nc2nccc3cc(OCC4CCCOC4)ccc23)cn1. The molecular formula is C20H20ClN3O2. The van der Waals surface area contributed by atoms with Gasteiger partial charge in [-0.15, -0.1) is 0 Å². The largest absolute Gasteiger partial charge is 0.493 e. The summed E-state index contributed by atoms with van der Waals surface area (Å²) in [5.41, 5.74) is 0.840. The minimum absolute atomic E-state index is 0.464. The molecule has 1 aliphatic rings. The lowest BCUT2D eigenvalue weighted by Gasteiger charge is -2.22. The van der Waals surface area contributed by atoms with Crippen molar-refractivity contribution < 1.29 is 9.47 Å². The first-order chi connectivity index (χ1) is 12.8. The fourth-order valence-corrected chi connectivity index (χ4v) is 3.20. The van der Waals surface area contributed by atoms with Crippen LogP contribution < -0.4 is 10.1 Å². The molecule has 0 amide bonds. The highest BCUT2D eigenvalue weighted by molar-refractivity contribution is 6.29. The normalized spacial score (nSPS) is 17.2. The molecule has 1 unspecified atom stereocenters. The molecular weight excluding hydrogens is 350 g/mol. The van der Waals surface area contributed by atoms with Crippen molar-refractivity contribution in [2.75, 3.05) is 25.1 Å². The average Bonchev–Trinajstić information content (AvgIpc) is 2.69. The standard InChI is InChI=1S/C20H20ClN3O2/c21-19-6-3-16(11-23-19)24-20-18-5-4-17(10-15(18)7-8-22-20)26-13-14-2-1-9-25-12-14/h3-8,10-11,14H,1-2,9,12-13H2,(H,22,24). The van der Waals surface area contributed by atoms with Gasteiger partial charge in [-0.25, -0.2) is 9.97 Å². The molecule has 0 saturated carbocycles. The van der Waals surface area contributed by atoms with E-state index in [1.807, 2.05) is 30.3 Å². The van der Waals surface area contributed by atoms with Crippen LogP contribution in [0.15, 0.2) is 48.8 Å². The van der Waals surface area contributed by atoms with Crippen molar-refractivity contribution in [1.29, 1.82) is 0 Å². The van der Waals surface area contributed by atoms with E-state index in [1.54, 1.807) is 18.5 Å². The molecule has 134 valence electrons. The molecule has 1 aliphatic heterocycles. The number of anilines is 2. The van der Waals surface area contributed by atoms with Crippen LogP contribution in [0.3, 0.4) is 0 Å². The van der Waals surface area contributed by atoms with E-state index in [1.165, 1.54) is 6.42 Å². The molecule has 1 saturated heterocycles. The zero-order chi connectivity index (χ0) is 17.8. The predicted octanol–water partition coefficient (Wildman–Crippen LogP) is 4.83.